The minimum absolute atomic E-state index is 0.0263. The topological polar surface area (TPSA) is 37.5 Å². The van der Waals surface area contributed by atoms with E-state index in [0.717, 1.165) is 39.3 Å². The number of hydrogen-bond donors (Lipinski definition) is 1. The Morgan fingerprint density at radius 1 is 1.24 bits per heavy atom. The molecule has 1 unspecified atom stereocenters. The van der Waals surface area contributed by atoms with Gasteiger partial charge < -0.3 is 19.4 Å². The summed E-state index contributed by atoms with van der Waals surface area (Å²) in [5.41, 5.74) is 4.80. The number of H-pyrrole nitrogens is 1. The zero-order valence-corrected chi connectivity index (χ0v) is 18.8. The average Bonchev–Trinajstić information content (AvgIpc) is 3.11. The van der Waals surface area contributed by atoms with Crippen LogP contribution in [0.15, 0.2) is 42.5 Å². The molecule has 0 saturated carbocycles. The fraction of sp³-hybridized carbons (Fsp3) is 0.318. The molecule has 4 rings (SSSR count). The van der Waals surface area contributed by atoms with Gasteiger partial charge in [0, 0.05) is 41.0 Å². The summed E-state index contributed by atoms with van der Waals surface area (Å²) in [4.78, 5) is 5.96. The Balaban J connectivity index is 1.77. The van der Waals surface area contributed by atoms with E-state index < -0.39 is 0 Å². The van der Waals surface area contributed by atoms with E-state index in [4.69, 9.17) is 33.3 Å². The van der Waals surface area contributed by atoms with Crippen molar-refractivity contribution in [2.24, 2.45) is 0 Å². The van der Waals surface area contributed by atoms with E-state index in [1.54, 1.807) is 26.0 Å². The number of ether oxygens (including phenoxy) is 2. The Labute approximate surface area is 185 Å². The zero-order chi connectivity index (χ0) is 20.4. The summed E-state index contributed by atoms with van der Waals surface area (Å²) in [6.07, 6.45) is 0.924. The number of hydrogen-bond acceptors (Lipinski definition) is 4. The summed E-state index contributed by atoms with van der Waals surface area (Å²) in [5.74, 6) is 1.69. The van der Waals surface area contributed by atoms with Crippen molar-refractivity contribution in [2.75, 3.05) is 33.1 Å². The second-order valence-electron chi connectivity index (χ2n) is 6.93. The van der Waals surface area contributed by atoms with E-state index >= 15 is 0 Å². The van der Waals surface area contributed by atoms with Gasteiger partial charge in [0.2, 0.25) is 0 Å². The van der Waals surface area contributed by atoms with Crippen LogP contribution in [0.1, 0.15) is 22.9 Å². The van der Waals surface area contributed by atoms with Crippen LogP contribution in [0.3, 0.4) is 0 Å². The Kier molecular flexibility index (Phi) is 6.35. The number of nitrogens with one attached hydrogen (secondary N) is 1. The Hall–Kier alpha value is -1.73. The summed E-state index contributed by atoms with van der Waals surface area (Å²) in [7, 11) is 3.40. The van der Waals surface area contributed by atoms with Crippen LogP contribution in [-0.4, -0.2) is 47.3 Å². The highest BCUT2D eigenvalue weighted by Crippen LogP contribution is 2.40. The molecule has 0 bridgehead atoms. The van der Waals surface area contributed by atoms with Crippen LogP contribution < -0.4 is 4.74 Å². The summed E-state index contributed by atoms with van der Waals surface area (Å²) in [6, 6.07) is 14.3. The van der Waals surface area contributed by atoms with Crippen molar-refractivity contribution < 1.29 is 9.47 Å². The number of fused-ring (bicyclic) bond motifs is 3. The largest absolute Gasteiger partial charge is 0.497 e. The van der Waals surface area contributed by atoms with Gasteiger partial charge in [-0.25, -0.2) is 0 Å². The monoisotopic (exact) mass is 446 g/mol. The van der Waals surface area contributed by atoms with Gasteiger partial charge in [0.15, 0.2) is 0 Å². The third-order valence-electron chi connectivity index (χ3n) is 5.27. The van der Waals surface area contributed by atoms with Crippen LogP contribution in [0.2, 0.25) is 5.02 Å². The number of rotatable bonds is 5. The number of aromatic nitrogens is 1. The van der Waals surface area contributed by atoms with Crippen molar-refractivity contribution in [3.63, 3.8) is 0 Å². The molecule has 152 valence electrons. The normalized spacial score (nSPS) is 16.1. The van der Waals surface area contributed by atoms with E-state index in [1.165, 1.54) is 22.2 Å². The average molecular weight is 447 g/mol. The van der Waals surface area contributed by atoms with Crippen molar-refractivity contribution in [2.45, 2.75) is 12.5 Å². The van der Waals surface area contributed by atoms with Crippen LogP contribution in [-0.2, 0) is 11.2 Å². The molecule has 4 nitrogen and oxygen atoms in total. The Morgan fingerprint density at radius 2 is 2.03 bits per heavy atom. The van der Waals surface area contributed by atoms with Crippen LogP contribution in [0.5, 0.6) is 5.75 Å². The van der Waals surface area contributed by atoms with Gasteiger partial charge in [-0.1, -0.05) is 47.7 Å². The third kappa shape index (κ3) is 4.12. The lowest BCUT2D eigenvalue weighted by Gasteiger charge is -2.37. The smallest absolute Gasteiger partial charge is 0.137 e. The van der Waals surface area contributed by atoms with Gasteiger partial charge in [0.05, 0.1) is 19.8 Å². The first-order valence-electron chi connectivity index (χ1n) is 9.48. The summed E-state index contributed by atoms with van der Waals surface area (Å²) < 4.78 is 11.4. The molecular weight excluding hydrogens is 424 g/mol. The van der Waals surface area contributed by atoms with Crippen molar-refractivity contribution in [1.29, 1.82) is 0 Å². The van der Waals surface area contributed by atoms with Crippen molar-refractivity contribution in [3.05, 3.63) is 64.3 Å². The maximum absolute atomic E-state index is 6.28. The molecule has 0 radical (unpaired) electrons. The first-order valence-corrected chi connectivity index (χ1v) is 11.3. The zero-order valence-electron chi connectivity index (χ0n) is 16.4. The summed E-state index contributed by atoms with van der Waals surface area (Å²) >= 11 is 13.8. The number of thioether (sulfide) groups is 1. The Morgan fingerprint density at radius 3 is 2.76 bits per heavy atom. The van der Waals surface area contributed by atoms with E-state index in [1.807, 2.05) is 18.2 Å². The molecule has 0 fully saturated rings. The van der Waals surface area contributed by atoms with Gasteiger partial charge >= 0.3 is 0 Å². The van der Waals surface area contributed by atoms with Gasteiger partial charge in [-0.15, -0.1) is 0 Å². The quantitative estimate of drug-likeness (QED) is 0.417. The van der Waals surface area contributed by atoms with Crippen LogP contribution in [0, 0.1) is 0 Å². The SMILES string of the molecule is COCCSC(=S)N1CCc2c([nH]c3ccc(Cl)cc23)C1c1ccc(OC)cc1. The predicted octanol–water partition coefficient (Wildman–Crippen LogP) is 5.44. The lowest BCUT2D eigenvalue weighted by molar-refractivity contribution is 0.219. The fourth-order valence-electron chi connectivity index (χ4n) is 3.89. The lowest BCUT2D eigenvalue weighted by Crippen LogP contribution is -2.38. The van der Waals surface area contributed by atoms with Gasteiger partial charge in [-0.3, -0.25) is 0 Å². The first kappa shape index (κ1) is 20.5. The molecule has 0 aliphatic carbocycles. The van der Waals surface area contributed by atoms with E-state index in [0.29, 0.717) is 6.61 Å². The minimum atomic E-state index is 0.0263. The molecule has 2 aromatic carbocycles. The Bertz CT molecular complexity index is 1020. The molecule has 2 heterocycles. The summed E-state index contributed by atoms with van der Waals surface area (Å²) in [6.45, 7) is 1.55. The highest BCUT2D eigenvalue weighted by molar-refractivity contribution is 8.22. The number of aromatic amines is 1. The van der Waals surface area contributed by atoms with Crippen molar-refractivity contribution in [3.8, 4) is 5.75 Å². The van der Waals surface area contributed by atoms with Crippen LogP contribution in [0.4, 0.5) is 0 Å². The maximum atomic E-state index is 6.28. The molecule has 3 aromatic rings. The molecule has 1 aliphatic rings. The molecule has 7 heteroatoms. The molecule has 0 spiro atoms. The second-order valence-corrected chi connectivity index (χ2v) is 9.10. The van der Waals surface area contributed by atoms with Gasteiger partial charge in [-0.2, -0.15) is 0 Å². The number of nitrogens with zero attached hydrogens (tertiary/aromatic N) is 1. The molecule has 1 aliphatic heterocycles. The lowest BCUT2D eigenvalue weighted by atomic mass is 9.93. The minimum Gasteiger partial charge on any atom is -0.497 e. The number of halogens is 1. The van der Waals surface area contributed by atoms with Gasteiger partial charge in [0.1, 0.15) is 10.1 Å². The second kappa shape index (κ2) is 8.96. The molecular formula is C22H23ClN2O2S2. The highest BCUT2D eigenvalue weighted by Gasteiger charge is 2.33. The standard InChI is InChI=1S/C22H23ClN2O2S2/c1-26-11-12-29-22(28)25-10-9-17-18-13-15(23)5-8-19(18)24-20(17)21(25)14-3-6-16(27-2)7-4-14/h3-8,13,21,24H,9-12H2,1-2H3. The van der Waals surface area contributed by atoms with Crippen molar-refractivity contribution >= 4 is 50.8 Å². The van der Waals surface area contributed by atoms with Crippen LogP contribution in [0.25, 0.3) is 10.9 Å². The maximum Gasteiger partial charge on any atom is 0.137 e. The number of benzene rings is 2. The van der Waals surface area contributed by atoms with Gasteiger partial charge in [-0.05, 0) is 47.9 Å². The third-order valence-corrected chi connectivity index (χ3v) is 6.94. The molecule has 0 amide bonds. The first-order chi connectivity index (χ1) is 14.1. The fourth-order valence-corrected chi connectivity index (χ4v) is 5.29. The molecule has 29 heavy (non-hydrogen) atoms. The van der Waals surface area contributed by atoms with Crippen LogP contribution >= 0.6 is 35.6 Å². The predicted molar refractivity (Wildman–Crippen MR) is 125 cm³/mol. The van der Waals surface area contributed by atoms with E-state index in [-0.39, 0.29) is 6.04 Å². The van der Waals surface area contributed by atoms with Crippen molar-refractivity contribution in [1.82, 2.24) is 9.88 Å². The van der Waals surface area contributed by atoms with E-state index in [2.05, 4.69) is 34.1 Å². The summed E-state index contributed by atoms with van der Waals surface area (Å²) in [5, 5.41) is 1.96. The molecule has 1 aromatic heterocycles. The highest BCUT2D eigenvalue weighted by atomic mass is 35.5. The molecule has 0 saturated heterocycles. The van der Waals surface area contributed by atoms with Gasteiger partial charge in [0.25, 0.3) is 0 Å². The van der Waals surface area contributed by atoms with E-state index in [9.17, 15) is 0 Å². The number of methoxy groups -OCH3 is 2. The molecule has 1 atom stereocenters. The molecule has 1 N–H and O–H groups in total. The number of thiocarbonyl (C=S) groups is 1.